The molecule has 8 nitrogen and oxygen atoms in total. The molecule has 5 aromatic rings. The Kier molecular flexibility index (Phi) is 9.62. The molecule has 1 atom stereocenters. The zero-order valence-corrected chi connectivity index (χ0v) is 26.7. The van der Waals surface area contributed by atoms with Gasteiger partial charge in [-0.3, -0.25) is 9.78 Å². The number of hydrogen-bond acceptors (Lipinski definition) is 4. The van der Waals surface area contributed by atoms with Crippen LogP contribution in [0.2, 0.25) is 0 Å². The topological polar surface area (TPSA) is 90.5 Å². The highest BCUT2D eigenvalue weighted by Crippen LogP contribution is 2.22. The molecule has 45 heavy (non-hydrogen) atoms. The van der Waals surface area contributed by atoms with Crippen molar-refractivity contribution >= 4 is 23.0 Å². The Morgan fingerprint density at radius 1 is 0.844 bits per heavy atom. The van der Waals surface area contributed by atoms with E-state index < -0.39 is 11.7 Å². The SMILES string of the molecule is Cc1ccc(CC(CNC(=O)Cc2cccnc2)n2c(=NC(=O)OC(C)(C)C)n(Cc3ccc(C)cc3)c3ccccc32)cc1. The molecule has 0 saturated carbocycles. The number of benzene rings is 3. The zero-order valence-electron chi connectivity index (χ0n) is 26.7. The molecule has 232 valence electrons. The maximum atomic E-state index is 13.3. The lowest BCUT2D eigenvalue weighted by Crippen LogP contribution is -2.38. The highest BCUT2D eigenvalue weighted by atomic mass is 16.6. The summed E-state index contributed by atoms with van der Waals surface area (Å²) in [4.78, 5) is 35.2. The van der Waals surface area contributed by atoms with Gasteiger partial charge in [0, 0.05) is 18.9 Å². The van der Waals surface area contributed by atoms with Gasteiger partial charge in [0.1, 0.15) is 5.60 Å². The van der Waals surface area contributed by atoms with Gasteiger partial charge in [0.15, 0.2) is 0 Å². The van der Waals surface area contributed by atoms with Crippen molar-refractivity contribution in [1.82, 2.24) is 19.4 Å². The largest absolute Gasteiger partial charge is 0.442 e. The van der Waals surface area contributed by atoms with Crippen molar-refractivity contribution in [2.24, 2.45) is 4.99 Å². The van der Waals surface area contributed by atoms with E-state index in [0.717, 1.165) is 27.7 Å². The summed E-state index contributed by atoms with van der Waals surface area (Å²) in [6.07, 6.45) is 3.55. The number of nitrogens with one attached hydrogen (secondary N) is 1. The molecule has 8 heteroatoms. The summed E-state index contributed by atoms with van der Waals surface area (Å²) in [7, 11) is 0. The molecule has 2 heterocycles. The van der Waals surface area contributed by atoms with E-state index in [1.807, 2.05) is 57.2 Å². The van der Waals surface area contributed by atoms with Crippen LogP contribution in [0.4, 0.5) is 4.79 Å². The van der Waals surface area contributed by atoms with Gasteiger partial charge in [0.05, 0.1) is 30.0 Å². The molecule has 0 aliphatic heterocycles. The number of amides is 2. The Hall–Kier alpha value is -4.98. The Labute approximate surface area is 264 Å². The number of ether oxygens (including phenoxy) is 1. The number of rotatable bonds is 9. The van der Waals surface area contributed by atoms with Crippen LogP contribution in [-0.4, -0.2) is 38.3 Å². The Morgan fingerprint density at radius 2 is 1.49 bits per heavy atom. The molecule has 0 saturated heterocycles. The van der Waals surface area contributed by atoms with E-state index in [1.54, 1.807) is 12.4 Å². The lowest BCUT2D eigenvalue weighted by atomic mass is 10.0. The molecule has 0 fully saturated rings. The maximum absolute atomic E-state index is 13.3. The van der Waals surface area contributed by atoms with Gasteiger partial charge >= 0.3 is 6.09 Å². The van der Waals surface area contributed by atoms with Gasteiger partial charge in [-0.15, -0.1) is 4.99 Å². The molecule has 5 rings (SSSR count). The predicted octanol–water partition coefficient (Wildman–Crippen LogP) is 6.48. The average Bonchev–Trinajstić information content (AvgIpc) is 3.29. The summed E-state index contributed by atoms with van der Waals surface area (Å²) in [5.74, 6) is -0.105. The number of fused-ring (bicyclic) bond motifs is 1. The molecule has 0 spiro atoms. The minimum Gasteiger partial charge on any atom is -0.442 e. The maximum Gasteiger partial charge on any atom is 0.437 e. The summed E-state index contributed by atoms with van der Waals surface area (Å²) in [5, 5.41) is 3.16. The van der Waals surface area contributed by atoms with E-state index >= 15 is 0 Å². The first-order chi connectivity index (χ1) is 21.6. The summed E-state index contributed by atoms with van der Waals surface area (Å²) in [6, 6.07) is 28.2. The molecule has 2 amide bonds. The van der Waals surface area contributed by atoms with E-state index in [-0.39, 0.29) is 18.4 Å². The van der Waals surface area contributed by atoms with Gasteiger partial charge in [0.2, 0.25) is 11.5 Å². The third-order valence-electron chi connectivity index (χ3n) is 7.51. The smallest absolute Gasteiger partial charge is 0.437 e. The third kappa shape index (κ3) is 8.35. The van der Waals surface area contributed by atoms with E-state index in [2.05, 4.69) is 86.8 Å². The molecule has 2 aromatic heterocycles. The van der Waals surface area contributed by atoms with Gasteiger partial charge in [-0.1, -0.05) is 77.9 Å². The second-order valence-electron chi connectivity index (χ2n) is 12.5. The summed E-state index contributed by atoms with van der Waals surface area (Å²) in [6.45, 7) is 10.4. The van der Waals surface area contributed by atoms with Crippen LogP contribution in [0.1, 0.15) is 54.6 Å². The van der Waals surface area contributed by atoms with Gasteiger partial charge in [-0.05, 0) is 75.9 Å². The van der Waals surface area contributed by atoms with Crippen LogP contribution in [0, 0.1) is 13.8 Å². The van der Waals surface area contributed by atoms with E-state index in [9.17, 15) is 9.59 Å². The van der Waals surface area contributed by atoms with Gasteiger partial charge in [-0.2, -0.15) is 0 Å². The number of para-hydroxylation sites is 2. The van der Waals surface area contributed by atoms with Crippen LogP contribution >= 0.6 is 0 Å². The monoisotopic (exact) mass is 603 g/mol. The van der Waals surface area contributed by atoms with Crippen LogP contribution in [0.15, 0.2) is 102 Å². The first kappa shape index (κ1) is 31.4. The van der Waals surface area contributed by atoms with E-state index in [1.165, 1.54) is 11.1 Å². The number of aromatic nitrogens is 3. The van der Waals surface area contributed by atoms with Crippen molar-refractivity contribution in [3.05, 3.63) is 131 Å². The molecule has 0 bridgehead atoms. The second kappa shape index (κ2) is 13.8. The fourth-order valence-corrected chi connectivity index (χ4v) is 5.35. The minimum absolute atomic E-state index is 0.105. The van der Waals surface area contributed by atoms with Crippen LogP contribution < -0.4 is 10.9 Å². The first-order valence-corrected chi connectivity index (χ1v) is 15.3. The summed E-state index contributed by atoms with van der Waals surface area (Å²) < 4.78 is 9.82. The third-order valence-corrected chi connectivity index (χ3v) is 7.51. The molecule has 3 aromatic carbocycles. The van der Waals surface area contributed by atoms with Gasteiger partial charge < -0.3 is 19.2 Å². The molecule has 0 aliphatic rings. The van der Waals surface area contributed by atoms with Crippen LogP contribution in [0.5, 0.6) is 0 Å². The molecule has 0 aliphatic carbocycles. The van der Waals surface area contributed by atoms with Crippen molar-refractivity contribution < 1.29 is 14.3 Å². The minimum atomic E-state index is -0.708. The van der Waals surface area contributed by atoms with Crippen LogP contribution in [0.25, 0.3) is 11.0 Å². The Morgan fingerprint density at radius 3 is 2.11 bits per heavy atom. The molecule has 0 radical (unpaired) electrons. The average molecular weight is 604 g/mol. The summed E-state index contributed by atoms with van der Waals surface area (Å²) >= 11 is 0. The fourth-order valence-electron chi connectivity index (χ4n) is 5.35. The van der Waals surface area contributed by atoms with Gasteiger partial charge in [-0.25, -0.2) is 4.79 Å². The van der Waals surface area contributed by atoms with Gasteiger partial charge in [0.25, 0.3) is 0 Å². The van der Waals surface area contributed by atoms with Crippen molar-refractivity contribution in [3.63, 3.8) is 0 Å². The number of carbonyl (C=O) groups is 2. The fraction of sp³-hybridized carbons (Fsp3) is 0.297. The number of imidazole rings is 1. The normalized spacial score (nSPS) is 12.7. The van der Waals surface area contributed by atoms with Crippen molar-refractivity contribution in [2.45, 2.75) is 65.6 Å². The molecular formula is C37H41N5O3. The Balaban J connectivity index is 1.64. The van der Waals surface area contributed by atoms with E-state index in [4.69, 9.17) is 4.74 Å². The quantitative estimate of drug-likeness (QED) is 0.209. The highest BCUT2D eigenvalue weighted by Gasteiger charge is 2.23. The highest BCUT2D eigenvalue weighted by molar-refractivity contribution is 5.79. The molecule has 1 N–H and O–H groups in total. The number of nitrogens with zero attached hydrogens (tertiary/aromatic N) is 4. The lowest BCUT2D eigenvalue weighted by Gasteiger charge is -2.22. The number of hydrogen-bond donors (Lipinski definition) is 1. The number of carbonyl (C=O) groups excluding carboxylic acids is 2. The lowest BCUT2D eigenvalue weighted by molar-refractivity contribution is -0.120. The molecular weight excluding hydrogens is 562 g/mol. The standard InChI is InChI=1S/C37H41N5O3/c1-26-12-16-28(17-13-26)21-31(24-39-34(43)22-30-9-8-20-38-23-30)42-33-11-7-6-10-32(33)41(25-29-18-14-27(2)15-19-29)35(42)40-36(44)45-37(3,4)5/h6-20,23,31H,21-22,24-25H2,1-5H3,(H,39,43). The van der Waals surface area contributed by atoms with Crippen LogP contribution in [-0.2, 0) is 28.9 Å². The zero-order chi connectivity index (χ0) is 32.0. The first-order valence-electron chi connectivity index (χ1n) is 15.3. The van der Waals surface area contributed by atoms with Crippen LogP contribution in [0.3, 0.4) is 0 Å². The number of aryl methyl sites for hydroxylation is 2. The van der Waals surface area contributed by atoms with Crippen molar-refractivity contribution in [2.75, 3.05) is 6.54 Å². The predicted molar refractivity (Wildman–Crippen MR) is 177 cm³/mol. The Bertz CT molecular complexity index is 1830. The molecule has 1 unspecified atom stereocenters. The number of pyridine rings is 1. The summed E-state index contributed by atoms with van der Waals surface area (Å²) in [5.41, 5.74) is 6.96. The van der Waals surface area contributed by atoms with Crippen molar-refractivity contribution in [3.8, 4) is 0 Å². The van der Waals surface area contributed by atoms with E-state index in [0.29, 0.717) is 25.1 Å². The second-order valence-corrected chi connectivity index (χ2v) is 12.5. The van der Waals surface area contributed by atoms with Crippen molar-refractivity contribution in [1.29, 1.82) is 0 Å².